The Morgan fingerprint density at radius 2 is 2.14 bits per heavy atom. The summed E-state index contributed by atoms with van der Waals surface area (Å²) in [6.07, 6.45) is 3.30. The van der Waals surface area contributed by atoms with Crippen LogP contribution < -0.4 is 10.5 Å². The lowest BCUT2D eigenvalue weighted by molar-refractivity contribution is 0.165. The fourth-order valence-corrected chi connectivity index (χ4v) is 3.26. The molecule has 0 radical (unpaired) electrons. The van der Waals surface area contributed by atoms with Crippen LogP contribution in [0.25, 0.3) is 0 Å². The zero-order chi connectivity index (χ0) is 15.4. The second-order valence-electron chi connectivity index (χ2n) is 6.39. The number of halogens is 1. The van der Waals surface area contributed by atoms with Crippen LogP contribution in [-0.2, 0) is 0 Å². The third-order valence-electron chi connectivity index (χ3n) is 4.15. The Morgan fingerprint density at radius 3 is 2.76 bits per heavy atom. The van der Waals surface area contributed by atoms with E-state index in [1.807, 2.05) is 6.07 Å². The zero-order valence-corrected chi connectivity index (χ0v) is 13.3. The second-order valence-corrected chi connectivity index (χ2v) is 6.39. The van der Waals surface area contributed by atoms with Crippen LogP contribution in [0.5, 0.6) is 5.75 Å². The van der Waals surface area contributed by atoms with E-state index in [9.17, 15) is 4.39 Å². The molecule has 118 valence electrons. The molecule has 1 aromatic carbocycles. The van der Waals surface area contributed by atoms with Crippen LogP contribution in [0.15, 0.2) is 18.2 Å². The van der Waals surface area contributed by atoms with Crippen molar-refractivity contribution in [1.82, 2.24) is 4.90 Å². The van der Waals surface area contributed by atoms with Gasteiger partial charge in [0.1, 0.15) is 0 Å². The Hall–Kier alpha value is -1.13. The van der Waals surface area contributed by atoms with Crippen LogP contribution in [0, 0.1) is 11.7 Å². The molecule has 3 nitrogen and oxygen atoms in total. The summed E-state index contributed by atoms with van der Waals surface area (Å²) < 4.78 is 19.0. The summed E-state index contributed by atoms with van der Waals surface area (Å²) >= 11 is 0. The quantitative estimate of drug-likeness (QED) is 0.925. The van der Waals surface area contributed by atoms with Gasteiger partial charge in [-0.3, -0.25) is 4.90 Å². The van der Waals surface area contributed by atoms with Gasteiger partial charge in [-0.1, -0.05) is 26.3 Å². The standard InChI is InChI=1S/C17H27FN2O/c1-12(2)11-20-9-5-4-6-15(19)17(20)13-7-8-16(21-3)14(18)10-13/h7-8,10,12,15,17H,4-6,9,11,19H2,1-3H3. The summed E-state index contributed by atoms with van der Waals surface area (Å²) in [5.74, 6) is 0.549. The number of rotatable bonds is 4. The van der Waals surface area contributed by atoms with Crippen LogP contribution >= 0.6 is 0 Å². The van der Waals surface area contributed by atoms with Gasteiger partial charge in [0.2, 0.25) is 0 Å². The van der Waals surface area contributed by atoms with Gasteiger partial charge in [0.25, 0.3) is 0 Å². The van der Waals surface area contributed by atoms with Crippen molar-refractivity contribution in [3.63, 3.8) is 0 Å². The second kappa shape index (κ2) is 7.23. The number of methoxy groups -OCH3 is 1. The first-order chi connectivity index (χ1) is 10.0. The Morgan fingerprint density at radius 1 is 1.38 bits per heavy atom. The molecule has 1 aliphatic rings. The zero-order valence-electron chi connectivity index (χ0n) is 13.3. The molecule has 2 atom stereocenters. The van der Waals surface area contributed by atoms with Crippen molar-refractivity contribution in [3.05, 3.63) is 29.6 Å². The van der Waals surface area contributed by atoms with Gasteiger partial charge in [-0.05, 0) is 43.0 Å². The molecule has 0 spiro atoms. The van der Waals surface area contributed by atoms with E-state index in [0.717, 1.165) is 37.9 Å². The van der Waals surface area contributed by atoms with Crippen LogP contribution in [-0.4, -0.2) is 31.1 Å². The SMILES string of the molecule is COc1ccc(C2C(N)CCCCN2CC(C)C)cc1F. The van der Waals surface area contributed by atoms with Crippen molar-refractivity contribution < 1.29 is 9.13 Å². The van der Waals surface area contributed by atoms with Crippen molar-refractivity contribution in [1.29, 1.82) is 0 Å². The average Bonchev–Trinajstić information content (AvgIpc) is 2.60. The molecule has 1 aromatic rings. The van der Waals surface area contributed by atoms with Crippen LogP contribution in [0.3, 0.4) is 0 Å². The maximum atomic E-state index is 14.0. The number of hydrogen-bond acceptors (Lipinski definition) is 3. The maximum absolute atomic E-state index is 14.0. The highest BCUT2D eigenvalue weighted by molar-refractivity contribution is 5.32. The van der Waals surface area contributed by atoms with Crippen LogP contribution in [0.4, 0.5) is 4.39 Å². The smallest absolute Gasteiger partial charge is 0.165 e. The lowest BCUT2D eigenvalue weighted by Crippen LogP contribution is -2.41. The molecule has 0 bridgehead atoms. The van der Waals surface area contributed by atoms with Gasteiger partial charge in [-0.2, -0.15) is 0 Å². The number of nitrogens with zero attached hydrogens (tertiary/aromatic N) is 1. The van der Waals surface area contributed by atoms with Crippen molar-refractivity contribution in [2.24, 2.45) is 11.7 Å². The molecule has 0 amide bonds. The Bertz CT molecular complexity index is 464. The van der Waals surface area contributed by atoms with Gasteiger partial charge in [0.15, 0.2) is 11.6 Å². The van der Waals surface area contributed by atoms with Gasteiger partial charge in [-0.25, -0.2) is 4.39 Å². The first-order valence-corrected chi connectivity index (χ1v) is 7.86. The van der Waals surface area contributed by atoms with E-state index in [0.29, 0.717) is 5.92 Å². The monoisotopic (exact) mass is 294 g/mol. The molecule has 2 unspecified atom stereocenters. The topological polar surface area (TPSA) is 38.5 Å². The van der Waals surface area contributed by atoms with Crippen molar-refractivity contribution >= 4 is 0 Å². The van der Waals surface area contributed by atoms with E-state index in [1.165, 1.54) is 7.11 Å². The van der Waals surface area contributed by atoms with E-state index in [1.54, 1.807) is 12.1 Å². The molecule has 0 aromatic heterocycles. The first kappa shape index (κ1) is 16.2. The normalized spacial score (nSPS) is 24.1. The van der Waals surface area contributed by atoms with Crippen LogP contribution in [0.2, 0.25) is 0 Å². The highest BCUT2D eigenvalue weighted by Crippen LogP contribution is 2.32. The Balaban J connectivity index is 2.31. The highest BCUT2D eigenvalue weighted by atomic mass is 19.1. The molecule has 0 aliphatic carbocycles. The molecule has 1 fully saturated rings. The fourth-order valence-electron chi connectivity index (χ4n) is 3.26. The van der Waals surface area contributed by atoms with E-state index >= 15 is 0 Å². The highest BCUT2D eigenvalue weighted by Gasteiger charge is 2.29. The van der Waals surface area contributed by atoms with E-state index in [2.05, 4.69) is 18.7 Å². The van der Waals surface area contributed by atoms with Crippen LogP contribution in [0.1, 0.15) is 44.7 Å². The Labute approximate surface area is 127 Å². The van der Waals surface area contributed by atoms with Crippen molar-refractivity contribution in [2.75, 3.05) is 20.2 Å². The van der Waals surface area contributed by atoms with Gasteiger partial charge >= 0.3 is 0 Å². The number of nitrogens with two attached hydrogens (primary N) is 1. The van der Waals surface area contributed by atoms with Crippen molar-refractivity contribution in [3.8, 4) is 5.75 Å². The summed E-state index contributed by atoms with van der Waals surface area (Å²) in [4.78, 5) is 2.42. The Kier molecular flexibility index (Phi) is 5.59. The molecular formula is C17H27FN2O. The summed E-state index contributed by atoms with van der Waals surface area (Å²) in [6, 6.07) is 5.39. The molecule has 0 saturated carbocycles. The van der Waals surface area contributed by atoms with Gasteiger partial charge in [-0.15, -0.1) is 0 Å². The predicted molar refractivity (Wildman–Crippen MR) is 83.9 cm³/mol. The molecule has 2 N–H and O–H groups in total. The third kappa shape index (κ3) is 3.95. The third-order valence-corrected chi connectivity index (χ3v) is 4.15. The maximum Gasteiger partial charge on any atom is 0.165 e. The minimum Gasteiger partial charge on any atom is -0.494 e. The first-order valence-electron chi connectivity index (χ1n) is 7.86. The lowest BCUT2D eigenvalue weighted by Gasteiger charge is -2.35. The van der Waals surface area contributed by atoms with Gasteiger partial charge < -0.3 is 10.5 Å². The van der Waals surface area contributed by atoms with Gasteiger partial charge in [0, 0.05) is 18.6 Å². The molecular weight excluding hydrogens is 267 g/mol. The lowest BCUT2D eigenvalue weighted by atomic mass is 9.95. The number of ether oxygens (including phenoxy) is 1. The average molecular weight is 294 g/mol. The molecule has 1 heterocycles. The predicted octanol–water partition coefficient (Wildman–Crippen LogP) is 3.34. The van der Waals surface area contributed by atoms with E-state index < -0.39 is 0 Å². The fraction of sp³-hybridized carbons (Fsp3) is 0.647. The number of likely N-dealkylation sites (tertiary alicyclic amines) is 1. The summed E-state index contributed by atoms with van der Waals surface area (Å²) in [5.41, 5.74) is 7.36. The molecule has 4 heteroatoms. The number of hydrogen-bond donors (Lipinski definition) is 1. The molecule has 21 heavy (non-hydrogen) atoms. The summed E-state index contributed by atoms with van der Waals surface area (Å²) in [5, 5.41) is 0. The molecule has 2 rings (SSSR count). The van der Waals surface area contributed by atoms with E-state index in [4.69, 9.17) is 10.5 Å². The van der Waals surface area contributed by atoms with Gasteiger partial charge in [0.05, 0.1) is 7.11 Å². The largest absolute Gasteiger partial charge is 0.494 e. The molecule has 1 saturated heterocycles. The van der Waals surface area contributed by atoms with Crippen molar-refractivity contribution in [2.45, 2.75) is 45.2 Å². The summed E-state index contributed by atoms with van der Waals surface area (Å²) in [7, 11) is 1.49. The minimum atomic E-state index is -0.309. The molecule has 1 aliphatic heterocycles. The van der Waals surface area contributed by atoms with E-state index in [-0.39, 0.29) is 23.7 Å². The summed E-state index contributed by atoms with van der Waals surface area (Å²) in [6.45, 7) is 6.44. The number of benzene rings is 1. The minimum absolute atomic E-state index is 0.0547.